The Hall–Kier alpha value is -3.13. The summed E-state index contributed by atoms with van der Waals surface area (Å²) in [5.41, 5.74) is 1.48. The Labute approximate surface area is 156 Å². The van der Waals surface area contributed by atoms with Gasteiger partial charge in [0, 0.05) is 23.3 Å². The molecular formula is C19H20N3O5+. The summed E-state index contributed by atoms with van der Waals surface area (Å²) in [7, 11) is 0. The molecule has 0 saturated carbocycles. The SMILES string of the molecule is O=C(c1cccc([N+](=O)[O-])c1)N1CC[NH+](Cc2ccc3c(c2)OCO3)CC1. The summed E-state index contributed by atoms with van der Waals surface area (Å²) in [6, 6.07) is 11.9. The van der Waals surface area contributed by atoms with E-state index in [-0.39, 0.29) is 18.4 Å². The second kappa shape index (κ2) is 7.24. The molecular weight excluding hydrogens is 350 g/mol. The van der Waals surface area contributed by atoms with Gasteiger partial charge in [-0.2, -0.15) is 0 Å². The normalized spacial score (nSPS) is 16.4. The molecule has 1 N–H and O–H groups in total. The Morgan fingerprint density at radius 3 is 2.67 bits per heavy atom. The minimum Gasteiger partial charge on any atom is -0.454 e. The molecule has 8 heteroatoms. The molecule has 0 aromatic heterocycles. The Bertz CT molecular complexity index is 877. The van der Waals surface area contributed by atoms with E-state index in [0.717, 1.165) is 31.1 Å². The Morgan fingerprint density at radius 1 is 1.11 bits per heavy atom. The van der Waals surface area contributed by atoms with Gasteiger partial charge in [0.25, 0.3) is 11.6 Å². The topological polar surface area (TPSA) is 86.4 Å². The predicted octanol–water partition coefficient (Wildman–Crippen LogP) is 0.864. The van der Waals surface area contributed by atoms with Crippen molar-refractivity contribution < 1.29 is 24.1 Å². The van der Waals surface area contributed by atoms with Crippen molar-refractivity contribution in [3.8, 4) is 11.5 Å². The summed E-state index contributed by atoms with van der Waals surface area (Å²) in [6.45, 7) is 4.03. The first-order chi connectivity index (χ1) is 13.1. The van der Waals surface area contributed by atoms with Crippen LogP contribution in [-0.2, 0) is 6.54 Å². The molecule has 0 atom stereocenters. The molecule has 0 aliphatic carbocycles. The van der Waals surface area contributed by atoms with Crippen LogP contribution in [0.2, 0.25) is 0 Å². The largest absolute Gasteiger partial charge is 0.454 e. The second-order valence-electron chi connectivity index (χ2n) is 6.71. The molecule has 2 aliphatic rings. The molecule has 4 rings (SSSR count). The molecule has 140 valence electrons. The zero-order chi connectivity index (χ0) is 18.8. The number of hydrogen-bond acceptors (Lipinski definition) is 5. The van der Waals surface area contributed by atoms with E-state index in [0.29, 0.717) is 18.7 Å². The van der Waals surface area contributed by atoms with Crippen molar-refractivity contribution in [1.29, 1.82) is 0 Å². The van der Waals surface area contributed by atoms with Gasteiger partial charge in [-0.05, 0) is 24.3 Å². The number of benzene rings is 2. The van der Waals surface area contributed by atoms with E-state index < -0.39 is 4.92 Å². The van der Waals surface area contributed by atoms with E-state index in [9.17, 15) is 14.9 Å². The number of carbonyl (C=O) groups excluding carboxylic acids is 1. The van der Waals surface area contributed by atoms with Crippen LogP contribution < -0.4 is 14.4 Å². The minimum atomic E-state index is -0.482. The van der Waals surface area contributed by atoms with Crippen LogP contribution in [0.5, 0.6) is 11.5 Å². The smallest absolute Gasteiger partial charge is 0.270 e. The van der Waals surface area contributed by atoms with Gasteiger partial charge < -0.3 is 19.3 Å². The number of nitrogens with zero attached hydrogens (tertiary/aromatic N) is 2. The Kier molecular flexibility index (Phi) is 4.64. The van der Waals surface area contributed by atoms with Crippen molar-refractivity contribution in [2.45, 2.75) is 6.54 Å². The third-order valence-corrected chi connectivity index (χ3v) is 4.95. The molecule has 0 radical (unpaired) electrons. The van der Waals surface area contributed by atoms with Crippen LogP contribution in [0.15, 0.2) is 42.5 Å². The average molecular weight is 370 g/mol. The van der Waals surface area contributed by atoms with Gasteiger partial charge in [0.1, 0.15) is 6.54 Å². The summed E-state index contributed by atoms with van der Waals surface area (Å²) < 4.78 is 10.8. The van der Waals surface area contributed by atoms with Crippen molar-refractivity contribution in [3.63, 3.8) is 0 Å². The van der Waals surface area contributed by atoms with Crippen LogP contribution in [0.25, 0.3) is 0 Å². The van der Waals surface area contributed by atoms with Crippen LogP contribution in [0, 0.1) is 10.1 Å². The number of piperazine rings is 1. The maximum atomic E-state index is 12.6. The lowest BCUT2D eigenvalue weighted by Crippen LogP contribution is -3.13. The van der Waals surface area contributed by atoms with Crippen molar-refractivity contribution in [2.75, 3.05) is 33.0 Å². The minimum absolute atomic E-state index is 0.0621. The number of fused-ring (bicyclic) bond motifs is 1. The Morgan fingerprint density at radius 2 is 1.89 bits per heavy atom. The van der Waals surface area contributed by atoms with Crippen LogP contribution >= 0.6 is 0 Å². The van der Waals surface area contributed by atoms with Crippen LogP contribution in [0.4, 0.5) is 5.69 Å². The van der Waals surface area contributed by atoms with Crippen molar-refractivity contribution in [2.24, 2.45) is 0 Å². The summed E-state index contributed by atoms with van der Waals surface area (Å²) in [4.78, 5) is 26.2. The van der Waals surface area contributed by atoms with Crippen molar-refractivity contribution >= 4 is 11.6 Å². The lowest BCUT2D eigenvalue weighted by atomic mass is 10.1. The van der Waals surface area contributed by atoms with Gasteiger partial charge in [0.05, 0.1) is 31.1 Å². The first-order valence-corrected chi connectivity index (χ1v) is 8.86. The van der Waals surface area contributed by atoms with E-state index in [1.807, 2.05) is 18.2 Å². The van der Waals surface area contributed by atoms with Crippen molar-refractivity contribution in [1.82, 2.24) is 4.90 Å². The number of ether oxygens (including phenoxy) is 2. The van der Waals surface area contributed by atoms with E-state index in [2.05, 4.69) is 0 Å². The average Bonchev–Trinajstić information content (AvgIpc) is 3.16. The van der Waals surface area contributed by atoms with E-state index in [4.69, 9.17) is 9.47 Å². The summed E-state index contributed by atoms with van der Waals surface area (Å²) in [5.74, 6) is 1.41. The second-order valence-corrected chi connectivity index (χ2v) is 6.71. The van der Waals surface area contributed by atoms with Gasteiger partial charge in [-0.3, -0.25) is 14.9 Å². The fourth-order valence-electron chi connectivity index (χ4n) is 3.48. The molecule has 1 amide bonds. The highest BCUT2D eigenvalue weighted by molar-refractivity contribution is 5.94. The summed E-state index contributed by atoms with van der Waals surface area (Å²) >= 11 is 0. The number of non-ortho nitro benzene ring substituents is 1. The zero-order valence-electron chi connectivity index (χ0n) is 14.7. The van der Waals surface area contributed by atoms with E-state index in [1.54, 1.807) is 17.0 Å². The number of quaternary nitrogens is 1. The number of nitro groups is 1. The molecule has 0 bridgehead atoms. The molecule has 2 heterocycles. The first-order valence-electron chi connectivity index (χ1n) is 8.86. The molecule has 2 aromatic carbocycles. The molecule has 0 spiro atoms. The third kappa shape index (κ3) is 3.70. The third-order valence-electron chi connectivity index (χ3n) is 4.95. The van der Waals surface area contributed by atoms with Gasteiger partial charge in [0.2, 0.25) is 6.79 Å². The predicted molar refractivity (Wildman–Crippen MR) is 96.0 cm³/mol. The number of nitrogens with one attached hydrogen (secondary N) is 1. The van der Waals surface area contributed by atoms with E-state index in [1.165, 1.54) is 22.6 Å². The quantitative estimate of drug-likeness (QED) is 0.637. The van der Waals surface area contributed by atoms with Crippen LogP contribution in [-0.4, -0.2) is 48.7 Å². The fourth-order valence-corrected chi connectivity index (χ4v) is 3.48. The molecule has 27 heavy (non-hydrogen) atoms. The fraction of sp³-hybridized carbons (Fsp3) is 0.316. The van der Waals surface area contributed by atoms with Gasteiger partial charge in [-0.25, -0.2) is 0 Å². The monoisotopic (exact) mass is 370 g/mol. The molecule has 2 aliphatic heterocycles. The van der Waals surface area contributed by atoms with Crippen LogP contribution in [0.1, 0.15) is 15.9 Å². The zero-order valence-corrected chi connectivity index (χ0v) is 14.7. The highest BCUT2D eigenvalue weighted by Crippen LogP contribution is 2.32. The molecule has 1 saturated heterocycles. The summed E-state index contributed by atoms with van der Waals surface area (Å²) in [5, 5.41) is 10.9. The van der Waals surface area contributed by atoms with Crippen LogP contribution in [0.3, 0.4) is 0 Å². The molecule has 8 nitrogen and oxygen atoms in total. The number of nitro benzene ring substituents is 1. The molecule has 1 fully saturated rings. The molecule has 0 unspecified atom stereocenters. The number of amides is 1. The highest BCUT2D eigenvalue weighted by atomic mass is 16.7. The van der Waals surface area contributed by atoms with E-state index >= 15 is 0 Å². The first kappa shape index (κ1) is 17.3. The molecule has 2 aromatic rings. The van der Waals surface area contributed by atoms with Gasteiger partial charge in [-0.15, -0.1) is 0 Å². The number of carbonyl (C=O) groups is 1. The summed E-state index contributed by atoms with van der Waals surface area (Å²) in [6.07, 6.45) is 0. The van der Waals surface area contributed by atoms with Gasteiger partial charge in [-0.1, -0.05) is 6.07 Å². The maximum Gasteiger partial charge on any atom is 0.270 e. The van der Waals surface area contributed by atoms with Gasteiger partial charge >= 0.3 is 0 Å². The standard InChI is InChI=1S/C19H19N3O5/c23-19(15-2-1-3-16(11-15)22(24)25)21-8-6-20(7-9-21)12-14-4-5-17-18(10-14)27-13-26-17/h1-5,10-11H,6-9,12-13H2/p+1. The lowest BCUT2D eigenvalue weighted by molar-refractivity contribution is -0.917. The lowest BCUT2D eigenvalue weighted by Gasteiger charge is -2.32. The maximum absolute atomic E-state index is 12.6. The van der Waals surface area contributed by atoms with Crippen molar-refractivity contribution in [3.05, 3.63) is 63.7 Å². The van der Waals surface area contributed by atoms with Gasteiger partial charge in [0.15, 0.2) is 11.5 Å². The highest BCUT2D eigenvalue weighted by Gasteiger charge is 2.26. The number of hydrogen-bond donors (Lipinski definition) is 1. The Balaban J connectivity index is 1.35. The number of rotatable bonds is 4.